The molecular formula is C10H16N4O2S. The van der Waals surface area contributed by atoms with Crippen molar-refractivity contribution < 1.29 is 9.53 Å². The van der Waals surface area contributed by atoms with E-state index in [1.54, 1.807) is 16.4 Å². The largest absolute Gasteiger partial charge is 0.468 e. The molecule has 0 spiro atoms. The molecule has 1 aliphatic rings. The predicted molar refractivity (Wildman–Crippen MR) is 63.4 cm³/mol. The summed E-state index contributed by atoms with van der Waals surface area (Å²) in [6.45, 7) is 0. The van der Waals surface area contributed by atoms with Gasteiger partial charge in [-0.2, -0.15) is 5.10 Å². The Balaban J connectivity index is 1.99. The minimum absolute atomic E-state index is 0.294. The van der Waals surface area contributed by atoms with Crippen molar-refractivity contribution >= 4 is 17.7 Å². The van der Waals surface area contributed by atoms with Gasteiger partial charge in [0, 0.05) is 12.3 Å². The van der Waals surface area contributed by atoms with Crippen LogP contribution in [0.3, 0.4) is 0 Å². The van der Waals surface area contributed by atoms with Crippen LogP contribution in [0, 0.1) is 0 Å². The van der Waals surface area contributed by atoms with Crippen LogP contribution in [-0.2, 0) is 16.6 Å². The molecule has 0 radical (unpaired) electrons. The molecule has 0 aromatic carbocycles. The molecule has 0 bridgehead atoms. The number of nitrogens with zero attached hydrogens (tertiary/aromatic N) is 3. The van der Waals surface area contributed by atoms with Gasteiger partial charge in [-0.3, -0.25) is 4.79 Å². The summed E-state index contributed by atoms with van der Waals surface area (Å²) >= 11 is 1.62. The maximum absolute atomic E-state index is 11.6. The summed E-state index contributed by atoms with van der Waals surface area (Å²) < 4.78 is 6.46. The molecule has 1 aromatic heterocycles. The lowest BCUT2D eigenvalue weighted by molar-refractivity contribution is -0.146. The number of carbonyl (C=O) groups excluding carboxylic acids is 1. The average molecular weight is 256 g/mol. The number of rotatable bonds is 3. The SMILES string of the molecule is COC(=O)C1(N)CCC(Sc2ncnn2C)C1. The molecule has 17 heavy (non-hydrogen) atoms. The number of hydrogen-bond acceptors (Lipinski definition) is 6. The number of aromatic nitrogens is 3. The van der Waals surface area contributed by atoms with Gasteiger partial charge in [-0.15, -0.1) is 0 Å². The van der Waals surface area contributed by atoms with Gasteiger partial charge < -0.3 is 10.5 Å². The van der Waals surface area contributed by atoms with Crippen LogP contribution in [0.25, 0.3) is 0 Å². The maximum Gasteiger partial charge on any atom is 0.325 e. The number of hydrogen-bond donors (Lipinski definition) is 1. The minimum atomic E-state index is -0.828. The predicted octanol–water partition coefficient (Wildman–Crippen LogP) is 0.330. The standard InChI is InChI=1S/C10H16N4O2S/c1-14-9(12-6-13-14)17-7-3-4-10(11,5-7)8(15)16-2/h6-7H,3-5,11H2,1-2H3. The maximum atomic E-state index is 11.6. The van der Waals surface area contributed by atoms with Crippen molar-refractivity contribution in [2.24, 2.45) is 12.8 Å². The van der Waals surface area contributed by atoms with E-state index in [0.29, 0.717) is 18.1 Å². The van der Waals surface area contributed by atoms with Gasteiger partial charge in [-0.1, -0.05) is 11.8 Å². The zero-order chi connectivity index (χ0) is 12.5. The van der Waals surface area contributed by atoms with Crippen LogP contribution < -0.4 is 5.73 Å². The summed E-state index contributed by atoms with van der Waals surface area (Å²) in [5.41, 5.74) is 5.21. The molecule has 94 valence electrons. The number of ether oxygens (including phenoxy) is 1. The summed E-state index contributed by atoms with van der Waals surface area (Å²) in [6, 6.07) is 0. The van der Waals surface area contributed by atoms with Crippen LogP contribution in [0.15, 0.2) is 11.5 Å². The van der Waals surface area contributed by atoms with E-state index in [0.717, 1.165) is 11.6 Å². The van der Waals surface area contributed by atoms with Crippen molar-refractivity contribution in [1.29, 1.82) is 0 Å². The first-order chi connectivity index (χ1) is 8.05. The molecule has 0 saturated heterocycles. The molecule has 7 heteroatoms. The third-order valence-electron chi connectivity index (χ3n) is 3.04. The first-order valence-corrected chi connectivity index (χ1v) is 6.31. The van der Waals surface area contributed by atoms with E-state index >= 15 is 0 Å². The van der Waals surface area contributed by atoms with Crippen molar-refractivity contribution in [1.82, 2.24) is 14.8 Å². The molecule has 1 heterocycles. The van der Waals surface area contributed by atoms with Gasteiger partial charge in [-0.25, -0.2) is 9.67 Å². The molecule has 1 saturated carbocycles. The molecular weight excluding hydrogens is 240 g/mol. The van der Waals surface area contributed by atoms with Crippen LogP contribution in [0.1, 0.15) is 19.3 Å². The van der Waals surface area contributed by atoms with Crippen molar-refractivity contribution in [3.05, 3.63) is 6.33 Å². The summed E-state index contributed by atoms with van der Waals surface area (Å²) in [4.78, 5) is 15.7. The van der Waals surface area contributed by atoms with E-state index in [2.05, 4.69) is 10.1 Å². The van der Waals surface area contributed by atoms with Gasteiger partial charge >= 0.3 is 5.97 Å². The van der Waals surface area contributed by atoms with Gasteiger partial charge in [0.15, 0.2) is 5.16 Å². The van der Waals surface area contributed by atoms with Crippen LogP contribution in [0.5, 0.6) is 0 Å². The molecule has 1 aliphatic carbocycles. The van der Waals surface area contributed by atoms with Gasteiger partial charge in [0.1, 0.15) is 11.9 Å². The van der Waals surface area contributed by atoms with Gasteiger partial charge in [0.25, 0.3) is 0 Å². The first kappa shape index (κ1) is 12.4. The Kier molecular flexibility index (Phi) is 3.39. The minimum Gasteiger partial charge on any atom is -0.468 e. The lowest BCUT2D eigenvalue weighted by atomic mass is 10.00. The Morgan fingerprint density at radius 3 is 3.12 bits per heavy atom. The lowest BCUT2D eigenvalue weighted by Gasteiger charge is -2.20. The fourth-order valence-corrected chi connectivity index (χ4v) is 3.28. The Labute approximate surface area is 104 Å². The molecule has 0 amide bonds. The zero-order valence-electron chi connectivity index (χ0n) is 9.92. The second-order valence-electron chi connectivity index (χ2n) is 4.30. The highest BCUT2D eigenvalue weighted by Crippen LogP contribution is 2.38. The summed E-state index contributed by atoms with van der Waals surface area (Å²) in [7, 11) is 3.22. The number of carbonyl (C=O) groups is 1. The molecule has 1 aromatic rings. The molecule has 2 rings (SSSR count). The van der Waals surface area contributed by atoms with Crippen molar-refractivity contribution in [3.63, 3.8) is 0 Å². The number of methoxy groups -OCH3 is 1. The Hall–Kier alpha value is -1.08. The van der Waals surface area contributed by atoms with E-state index in [-0.39, 0.29) is 5.97 Å². The second-order valence-corrected chi connectivity index (χ2v) is 5.56. The van der Waals surface area contributed by atoms with E-state index in [9.17, 15) is 4.79 Å². The third kappa shape index (κ3) is 2.44. The quantitative estimate of drug-likeness (QED) is 0.785. The van der Waals surface area contributed by atoms with Crippen LogP contribution in [0.2, 0.25) is 0 Å². The molecule has 0 aliphatic heterocycles. The Morgan fingerprint density at radius 1 is 1.76 bits per heavy atom. The smallest absolute Gasteiger partial charge is 0.325 e. The fourth-order valence-electron chi connectivity index (χ4n) is 2.06. The van der Waals surface area contributed by atoms with Crippen molar-refractivity contribution in [2.45, 2.75) is 35.2 Å². The number of thioether (sulfide) groups is 1. The van der Waals surface area contributed by atoms with E-state index < -0.39 is 5.54 Å². The van der Waals surface area contributed by atoms with E-state index in [4.69, 9.17) is 10.5 Å². The highest BCUT2D eigenvalue weighted by molar-refractivity contribution is 7.99. The topological polar surface area (TPSA) is 83.0 Å². The van der Waals surface area contributed by atoms with Crippen molar-refractivity contribution in [2.75, 3.05) is 7.11 Å². The van der Waals surface area contributed by atoms with E-state index in [1.807, 2.05) is 7.05 Å². The Bertz CT molecular complexity index is 422. The van der Waals surface area contributed by atoms with Crippen molar-refractivity contribution in [3.8, 4) is 0 Å². The molecule has 1 fully saturated rings. The molecule has 2 N–H and O–H groups in total. The van der Waals surface area contributed by atoms with Gasteiger partial charge in [0.2, 0.25) is 0 Å². The fraction of sp³-hybridized carbons (Fsp3) is 0.700. The highest BCUT2D eigenvalue weighted by Gasteiger charge is 2.43. The van der Waals surface area contributed by atoms with Crippen LogP contribution >= 0.6 is 11.8 Å². The average Bonchev–Trinajstić information content (AvgIpc) is 2.87. The summed E-state index contributed by atoms with van der Waals surface area (Å²) in [6.07, 6.45) is 3.70. The zero-order valence-corrected chi connectivity index (χ0v) is 10.7. The summed E-state index contributed by atoms with van der Waals surface area (Å²) in [5, 5.41) is 5.15. The lowest BCUT2D eigenvalue weighted by Crippen LogP contribution is -2.46. The molecule has 2 atom stereocenters. The second kappa shape index (κ2) is 4.66. The van der Waals surface area contributed by atoms with Crippen LogP contribution in [0.4, 0.5) is 0 Å². The third-order valence-corrected chi connectivity index (χ3v) is 4.35. The summed E-state index contributed by atoms with van der Waals surface area (Å²) in [5.74, 6) is -0.321. The molecule has 6 nitrogen and oxygen atoms in total. The molecule has 2 unspecified atom stereocenters. The number of aryl methyl sites for hydroxylation is 1. The Morgan fingerprint density at radius 2 is 2.53 bits per heavy atom. The van der Waals surface area contributed by atoms with Crippen LogP contribution in [-0.4, -0.2) is 38.6 Å². The first-order valence-electron chi connectivity index (χ1n) is 5.43. The monoisotopic (exact) mass is 256 g/mol. The normalized spacial score (nSPS) is 28.3. The number of esters is 1. The number of nitrogens with two attached hydrogens (primary N) is 1. The highest BCUT2D eigenvalue weighted by atomic mass is 32.2. The van der Waals surface area contributed by atoms with Gasteiger partial charge in [-0.05, 0) is 19.3 Å². The van der Waals surface area contributed by atoms with Gasteiger partial charge in [0.05, 0.1) is 7.11 Å². The van der Waals surface area contributed by atoms with E-state index in [1.165, 1.54) is 13.4 Å².